The van der Waals surface area contributed by atoms with Crippen molar-refractivity contribution in [3.05, 3.63) is 72.8 Å². The number of nitrogens with one attached hydrogen (secondary N) is 1. The highest BCUT2D eigenvalue weighted by atomic mass is 16.5. The molecule has 1 aliphatic heterocycles. The fraction of sp³-hybridized carbons (Fsp3) is 0.222. The Morgan fingerprint density at radius 1 is 0.943 bits per heavy atom. The normalized spacial score (nSPS) is 20.6. The average molecular weight is 466 g/mol. The van der Waals surface area contributed by atoms with Crippen molar-refractivity contribution in [1.82, 2.24) is 19.5 Å². The lowest BCUT2D eigenvalue weighted by Gasteiger charge is -2.15. The Balaban J connectivity index is 1.24. The molecular weight excluding hydrogens is 442 g/mol. The summed E-state index contributed by atoms with van der Waals surface area (Å²) < 4.78 is 7.58. The number of nitrogens with zero attached hydrogens (tertiary/aromatic N) is 4. The summed E-state index contributed by atoms with van der Waals surface area (Å²) in [4.78, 5) is 13.4. The van der Waals surface area contributed by atoms with Gasteiger partial charge in [-0.2, -0.15) is 0 Å². The molecule has 0 saturated carbocycles. The van der Waals surface area contributed by atoms with E-state index in [0.29, 0.717) is 29.9 Å². The van der Waals surface area contributed by atoms with Gasteiger partial charge in [0.25, 0.3) is 0 Å². The minimum atomic E-state index is -0.726. The zero-order chi connectivity index (χ0) is 23.5. The summed E-state index contributed by atoms with van der Waals surface area (Å²) >= 11 is 0. The van der Waals surface area contributed by atoms with Crippen LogP contribution in [0.5, 0.6) is 0 Å². The van der Waals surface area contributed by atoms with Crippen molar-refractivity contribution in [2.75, 3.05) is 11.9 Å². The van der Waals surface area contributed by atoms with Crippen molar-refractivity contribution in [2.45, 2.75) is 31.4 Å². The topological polar surface area (TPSA) is 105 Å². The molecule has 0 aliphatic carbocycles. The molecule has 3 N–H and O–H groups in total. The maximum atomic E-state index is 10.1. The minimum absolute atomic E-state index is 0.231. The highest BCUT2D eigenvalue weighted by molar-refractivity contribution is 6.23. The Hall–Kier alpha value is -3.85. The molecule has 3 atom stereocenters. The van der Waals surface area contributed by atoms with Gasteiger partial charge in [0.05, 0.1) is 19.0 Å². The molecular formula is C27H23N5O3. The average Bonchev–Trinajstić information content (AvgIpc) is 3.49. The van der Waals surface area contributed by atoms with Gasteiger partial charge in [0.1, 0.15) is 18.7 Å². The summed E-state index contributed by atoms with van der Waals surface area (Å²) in [5, 5.41) is 30.5. The molecule has 35 heavy (non-hydrogen) atoms. The van der Waals surface area contributed by atoms with Gasteiger partial charge in [-0.15, -0.1) is 0 Å². The van der Waals surface area contributed by atoms with Crippen molar-refractivity contribution in [1.29, 1.82) is 0 Å². The van der Waals surface area contributed by atoms with Crippen LogP contribution in [-0.4, -0.2) is 48.5 Å². The van der Waals surface area contributed by atoms with E-state index in [2.05, 4.69) is 74.9 Å². The highest BCUT2D eigenvalue weighted by Crippen LogP contribution is 2.36. The van der Waals surface area contributed by atoms with Gasteiger partial charge in [0.2, 0.25) is 0 Å². The molecule has 0 radical (unpaired) electrons. The second kappa shape index (κ2) is 7.84. The Bertz CT molecular complexity index is 1680. The lowest BCUT2D eigenvalue weighted by Crippen LogP contribution is -2.24. The Morgan fingerprint density at radius 3 is 2.51 bits per heavy atom. The van der Waals surface area contributed by atoms with Gasteiger partial charge in [0, 0.05) is 13.0 Å². The zero-order valence-electron chi connectivity index (χ0n) is 18.8. The van der Waals surface area contributed by atoms with Gasteiger partial charge < -0.3 is 20.3 Å². The first kappa shape index (κ1) is 20.5. The third kappa shape index (κ3) is 3.15. The maximum absolute atomic E-state index is 10.1. The van der Waals surface area contributed by atoms with Gasteiger partial charge in [-0.3, -0.25) is 4.57 Å². The smallest absolute Gasteiger partial charge is 0.167 e. The molecule has 4 aromatic carbocycles. The van der Waals surface area contributed by atoms with E-state index in [-0.39, 0.29) is 6.61 Å². The molecule has 6 aromatic rings. The van der Waals surface area contributed by atoms with E-state index < -0.39 is 18.4 Å². The summed E-state index contributed by atoms with van der Waals surface area (Å²) in [6, 6.07) is 19.5. The number of hydrogen-bond acceptors (Lipinski definition) is 7. The van der Waals surface area contributed by atoms with Crippen molar-refractivity contribution < 1.29 is 14.9 Å². The van der Waals surface area contributed by atoms with Crippen LogP contribution >= 0.6 is 0 Å². The quantitative estimate of drug-likeness (QED) is 0.331. The number of aliphatic hydroxyl groups excluding tert-OH is 2. The van der Waals surface area contributed by atoms with Crippen LogP contribution in [0.4, 0.5) is 5.82 Å². The molecule has 1 fully saturated rings. The first-order valence-corrected chi connectivity index (χ1v) is 11.7. The third-order valence-electron chi connectivity index (χ3n) is 7.12. The van der Waals surface area contributed by atoms with Gasteiger partial charge >= 0.3 is 0 Å². The molecule has 1 aliphatic rings. The van der Waals surface area contributed by atoms with Crippen molar-refractivity contribution in [2.24, 2.45) is 0 Å². The number of imidazole rings is 1. The molecule has 0 spiro atoms. The summed E-state index contributed by atoms with van der Waals surface area (Å²) in [6.45, 7) is 0.351. The maximum Gasteiger partial charge on any atom is 0.167 e. The number of hydrogen-bond donors (Lipinski definition) is 3. The van der Waals surface area contributed by atoms with Crippen molar-refractivity contribution in [3.8, 4) is 0 Å². The Kier molecular flexibility index (Phi) is 4.60. The fourth-order valence-corrected chi connectivity index (χ4v) is 5.37. The van der Waals surface area contributed by atoms with Crippen LogP contribution in [0.2, 0.25) is 0 Å². The van der Waals surface area contributed by atoms with Crippen LogP contribution in [0, 0.1) is 0 Å². The number of aliphatic hydroxyl groups is 2. The van der Waals surface area contributed by atoms with Crippen LogP contribution in [0.1, 0.15) is 18.2 Å². The van der Waals surface area contributed by atoms with E-state index in [1.54, 1.807) is 10.9 Å². The standard InChI is InChI=1S/C27H23N5O3/c33-12-21-20(34)10-22(35-21)32-14-31-25-26(29-13-30-27(25)32)28-11-18-7-6-17-5-4-15-2-1-3-16-8-9-19(18)24(17)23(15)16/h1-9,13-14,20-22,33-34H,10-12H2,(H,28,29,30)/t20-,21-,22-/m1/s1. The van der Waals surface area contributed by atoms with Gasteiger partial charge in [-0.25, -0.2) is 15.0 Å². The summed E-state index contributed by atoms with van der Waals surface area (Å²) in [5.74, 6) is 0.636. The number of benzene rings is 4. The van der Waals surface area contributed by atoms with Crippen molar-refractivity contribution >= 4 is 49.3 Å². The van der Waals surface area contributed by atoms with Crippen LogP contribution < -0.4 is 5.32 Å². The number of anilines is 1. The predicted octanol–water partition coefficient (Wildman–Crippen LogP) is 3.98. The molecule has 8 nitrogen and oxygen atoms in total. The van der Waals surface area contributed by atoms with Crippen LogP contribution in [-0.2, 0) is 11.3 Å². The highest BCUT2D eigenvalue weighted by Gasteiger charge is 2.35. The molecule has 3 heterocycles. The Morgan fingerprint density at radius 2 is 1.71 bits per heavy atom. The second-order valence-corrected chi connectivity index (χ2v) is 9.10. The fourth-order valence-electron chi connectivity index (χ4n) is 5.37. The SMILES string of the molecule is OC[C@H]1O[C@@H](n2cnc3c(NCc4ccc5ccc6cccc7ccc4c5c67)ncnc32)C[C@H]1O. The summed E-state index contributed by atoms with van der Waals surface area (Å²) in [6.07, 6.45) is 1.75. The molecule has 7 rings (SSSR count). The molecule has 0 bridgehead atoms. The minimum Gasteiger partial charge on any atom is -0.394 e. The number of aromatic nitrogens is 4. The second-order valence-electron chi connectivity index (χ2n) is 9.10. The van der Waals surface area contributed by atoms with Crippen LogP contribution in [0.3, 0.4) is 0 Å². The van der Waals surface area contributed by atoms with E-state index in [9.17, 15) is 10.2 Å². The first-order chi connectivity index (χ1) is 17.2. The lowest BCUT2D eigenvalue weighted by molar-refractivity contribution is -0.0432. The van der Waals surface area contributed by atoms with Gasteiger partial charge in [0.15, 0.2) is 17.0 Å². The largest absolute Gasteiger partial charge is 0.394 e. The van der Waals surface area contributed by atoms with E-state index in [0.717, 1.165) is 0 Å². The van der Waals surface area contributed by atoms with E-state index >= 15 is 0 Å². The monoisotopic (exact) mass is 465 g/mol. The van der Waals surface area contributed by atoms with E-state index in [4.69, 9.17) is 4.74 Å². The van der Waals surface area contributed by atoms with Crippen LogP contribution in [0.25, 0.3) is 43.5 Å². The predicted molar refractivity (Wildman–Crippen MR) is 134 cm³/mol. The molecule has 0 amide bonds. The summed E-state index contributed by atoms with van der Waals surface area (Å²) in [7, 11) is 0. The van der Waals surface area contributed by atoms with Crippen LogP contribution in [0.15, 0.2) is 67.3 Å². The van der Waals surface area contributed by atoms with E-state index in [1.807, 2.05) is 0 Å². The molecule has 0 unspecified atom stereocenters. The van der Waals surface area contributed by atoms with E-state index in [1.165, 1.54) is 44.2 Å². The summed E-state index contributed by atoms with van der Waals surface area (Å²) in [5.41, 5.74) is 2.43. The molecule has 1 saturated heterocycles. The molecule has 8 heteroatoms. The van der Waals surface area contributed by atoms with Gasteiger partial charge in [-0.05, 0) is 37.9 Å². The third-order valence-corrected chi connectivity index (χ3v) is 7.12. The molecule has 174 valence electrons. The number of ether oxygens (including phenoxy) is 1. The van der Waals surface area contributed by atoms with Crippen molar-refractivity contribution in [3.63, 3.8) is 0 Å². The Labute approximate surface area is 200 Å². The van der Waals surface area contributed by atoms with Gasteiger partial charge in [-0.1, -0.05) is 54.6 Å². The molecule has 2 aromatic heterocycles. The zero-order valence-corrected chi connectivity index (χ0v) is 18.8. The number of rotatable bonds is 5. The first-order valence-electron chi connectivity index (χ1n) is 11.7. The number of fused-ring (bicyclic) bond motifs is 1. The lowest BCUT2D eigenvalue weighted by atomic mass is 9.92.